The van der Waals surface area contributed by atoms with Crippen molar-refractivity contribution in [3.63, 3.8) is 0 Å². The van der Waals surface area contributed by atoms with E-state index in [0.717, 1.165) is 5.56 Å². The molecule has 1 aromatic carbocycles. The van der Waals surface area contributed by atoms with Gasteiger partial charge in [0.1, 0.15) is 5.60 Å². The van der Waals surface area contributed by atoms with E-state index in [1.165, 1.54) is 7.11 Å². The Bertz CT molecular complexity index is 428. The standard InChI is InChI=1S/C12H13ClO3/c1-11(8-4-6-9(13)7-5-8)12(2,16-11)10(14)15-3/h4-7H,1-3H3. The van der Waals surface area contributed by atoms with E-state index in [-0.39, 0.29) is 5.97 Å². The smallest absolute Gasteiger partial charge is 0.341 e. The van der Waals surface area contributed by atoms with E-state index >= 15 is 0 Å². The van der Waals surface area contributed by atoms with Gasteiger partial charge in [-0.3, -0.25) is 0 Å². The fourth-order valence-corrected chi connectivity index (χ4v) is 2.04. The molecule has 1 aromatic rings. The molecule has 4 heteroatoms. The Morgan fingerprint density at radius 3 is 2.38 bits per heavy atom. The van der Waals surface area contributed by atoms with Crippen LogP contribution in [0.15, 0.2) is 24.3 Å². The number of ether oxygens (including phenoxy) is 2. The number of hydrogen-bond acceptors (Lipinski definition) is 3. The predicted octanol–water partition coefficient (Wildman–Crippen LogP) is 2.52. The molecule has 1 saturated heterocycles. The lowest BCUT2D eigenvalue weighted by Crippen LogP contribution is -2.29. The molecule has 0 amide bonds. The molecular weight excluding hydrogens is 228 g/mol. The number of epoxide rings is 1. The third kappa shape index (κ3) is 1.43. The molecule has 86 valence electrons. The normalized spacial score (nSPS) is 32.2. The number of methoxy groups -OCH3 is 1. The number of carbonyl (C=O) groups excluding carboxylic acids is 1. The minimum absolute atomic E-state index is 0.357. The Labute approximate surface area is 99.3 Å². The quantitative estimate of drug-likeness (QED) is 0.589. The molecule has 1 aliphatic heterocycles. The molecule has 1 aliphatic rings. The zero-order chi connectivity index (χ0) is 12.0. The van der Waals surface area contributed by atoms with Crippen LogP contribution in [0.4, 0.5) is 0 Å². The Balaban J connectivity index is 2.30. The number of halogens is 1. The largest absolute Gasteiger partial charge is 0.467 e. The average Bonchev–Trinajstić information content (AvgIpc) is 2.84. The monoisotopic (exact) mass is 240 g/mol. The number of carbonyl (C=O) groups is 1. The molecule has 0 aromatic heterocycles. The van der Waals surface area contributed by atoms with Crippen LogP contribution in [0.2, 0.25) is 5.02 Å². The van der Waals surface area contributed by atoms with Crippen molar-refractivity contribution >= 4 is 17.6 Å². The summed E-state index contributed by atoms with van der Waals surface area (Å²) in [7, 11) is 1.36. The highest BCUT2D eigenvalue weighted by molar-refractivity contribution is 6.30. The van der Waals surface area contributed by atoms with E-state index in [0.29, 0.717) is 5.02 Å². The van der Waals surface area contributed by atoms with Gasteiger partial charge < -0.3 is 9.47 Å². The van der Waals surface area contributed by atoms with Crippen molar-refractivity contribution in [3.05, 3.63) is 34.9 Å². The van der Waals surface area contributed by atoms with Gasteiger partial charge in [-0.2, -0.15) is 0 Å². The lowest BCUT2D eigenvalue weighted by atomic mass is 9.89. The van der Waals surface area contributed by atoms with E-state index in [4.69, 9.17) is 21.1 Å². The molecule has 3 nitrogen and oxygen atoms in total. The highest BCUT2D eigenvalue weighted by Gasteiger charge is 2.70. The molecule has 2 unspecified atom stereocenters. The molecule has 16 heavy (non-hydrogen) atoms. The van der Waals surface area contributed by atoms with Crippen LogP contribution in [0.3, 0.4) is 0 Å². The summed E-state index contributed by atoms with van der Waals surface area (Å²) in [5, 5.41) is 0.660. The van der Waals surface area contributed by atoms with Crippen LogP contribution in [-0.2, 0) is 19.9 Å². The lowest BCUT2D eigenvalue weighted by Gasteiger charge is -2.11. The summed E-state index contributed by atoms with van der Waals surface area (Å²) >= 11 is 5.81. The van der Waals surface area contributed by atoms with Gasteiger partial charge in [0.05, 0.1) is 7.11 Å². The van der Waals surface area contributed by atoms with Crippen LogP contribution in [0, 0.1) is 0 Å². The van der Waals surface area contributed by atoms with Gasteiger partial charge >= 0.3 is 5.97 Å². The molecule has 0 saturated carbocycles. The first-order valence-electron chi connectivity index (χ1n) is 4.99. The minimum Gasteiger partial charge on any atom is -0.467 e. The highest BCUT2D eigenvalue weighted by atomic mass is 35.5. The van der Waals surface area contributed by atoms with Crippen molar-refractivity contribution in [2.75, 3.05) is 7.11 Å². The van der Waals surface area contributed by atoms with E-state index in [1.807, 2.05) is 19.1 Å². The van der Waals surface area contributed by atoms with Crippen molar-refractivity contribution < 1.29 is 14.3 Å². The summed E-state index contributed by atoms with van der Waals surface area (Å²) in [6.07, 6.45) is 0. The Morgan fingerprint density at radius 2 is 1.88 bits per heavy atom. The van der Waals surface area contributed by atoms with Crippen molar-refractivity contribution in [1.82, 2.24) is 0 Å². The van der Waals surface area contributed by atoms with Crippen molar-refractivity contribution in [1.29, 1.82) is 0 Å². The van der Waals surface area contributed by atoms with Crippen LogP contribution in [0.1, 0.15) is 19.4 Å². The van der Waals surface area contributed by atoms with Gasteiger partial charge in [0.25, 0.3) is 0 Å². The van der Waals surface area contributed by atoms with Crippen molar-refractivity contribution in [2.45, 2.75) is 25.0 Å². The summed E-state index contributed by atoms with van der Waals surface area (Å²) in [5.74, 6) is -0.357. The minimum atomic E-state index is -0.893. The molecule has 0 aliphatic carbocycles. The fourth-order valence-electron chi connectivity index (χ4n) is 1.92. The first kappa shape index (κ1) is 11.4. The summed E-state index contributed by atoms with van der Waals surface area (Å²) < 4.78 is 10.3. The SMILES string of the molecule is COC(=O)C1(C)OC1(C)c1ccc(Cl)cc1. The molecular formula is C12H13ClO3. The van der Waals surface area contributed by atoms with Gasteiger partial charge in [0.15, 0.2) is 5.60 Å². The summed E-state index contributed by atoms with van der Waals surface area (Å²) in [6, 6.07) is 7.27. The summed E-state index contributed by atoms with van der Waals surface area (Å²) in [5.41, 5.74) is -0.593. The number of benzene rings is 1. The van der Waals surface area contributed by atoms with Crippen LogP contribution in [0.5, 0.6) is 0 Å². The maximum absolute atomic E-state index is 11.6. The van der Waals surface area contributed by atoms with E-state index < -0.39 is 11.2 Å². The zero-order valence-corrected chi connectivity index (χ0v) is 10.2. The Kier molecular flexibility index (Phi) is 2.48. The zero-order valence-electron chi connectivity index (χ0n) is 9.41. The van der Waals surface area contributed by atoms with Crippen molar-refractivity contribution in [3.8, 4) is 0 Å². The lowest BCUT2D eigenvalue weighted by molar-refractivity contribution is -0.146. The summed E-state index contributed by atoms with van der Waals surface area (Å²) in [6.45, 7) is 3.60. The molecule has 2 rings (SSSR count). The third-order valence-corrected chi connectivity index (χ3v) is 3.50. The molecule has 0 radical (unpaired) electrons. The van der Waals surface area contributed by atoms with Crippen LogP contribution in [-0.4, -0.2) is 18.7 Å². The second kappa shape index (κ2) is 3.47. The van der Waals surface area contributed by atoms with Gasteiger partial charge in [-0.15, -0.1) is 0 Å². The fraction of sp³-hybridized carbons (Fsp3) is 0.417. The molecule has 0 spiro atoms. The summed E-state index contributed by atoms with van der Waals surface area (Å²) in [4.78, 5) is 11.6. The van der Waals surface area contributed by atoms with Crippen LogP contribution in [0.25, 0.3) is 0 Å². The van der Waals surface area contributed by atoms with E-state index in [9.17, 15) is 4.79 Å². The van der Waals surface area contributed by atoms with Gasteiger partial charge in [-0.25, -0.2) is 4.79 Å². The third-order valence-electron chi connectivity index (χ3n) is 3.25. The van der Waals surface area contributed by atoms with Gasteiger partial charge in [0.2, 0.25) is 0 Å². The van der Waals surface area contributed by atoms with Gasteiger partial charge in [0, 0.05) is 5.02 Å². The van der Waals surface area contributed by atoms with Crippen LogP contribution >= 0.6 is 11.6 Å². The second-order valence-electron chi connectivity index (χ2n) is 4.17. The Hall–Kier alpha value is -1.06. The first-order valence-corrected chi connectivity index (χ1v) is 5.36. The number of esters is 1. The van der Waals surface area contributed by atoms with Crippen LogP contribution < -0.4 is 0 Å². The second-order valence-corrected chi connectivity index (χ2v) is 4.60. The molecule has 2 atom stereocenters. The van der Waals surface area contributed by atoms with Gasteiger partial charge in [-0.05, 0) is 31.5 Å². The first-order chi connectivity index (χ1) is 7.44. The topological polar surface area (TPSA) is 38.8 Å². The maximum atomic E-state index is 11.6. The molecule has 1 fully saturated rings. The van der Waals surface area contributed by atoms with E-state index in [1.54, 1.807) is 19.1 Å². The number of hydrogen-bond donors (Lipinski definition) is 0. The number of rotatable bonds is 2. The molecule has 1 heterocycles. The van der Waals surface area contributed by atoms with Crippen molar-refractivity contribution in [2.24, 2.45) is 0 Å². The average molecular weight is 241 g/mol. The Morgan fingerprint density at radius 1 is 1.31 bits per heavy atom. The van der Waals surface area contributed by atoms with E-state index in [2.05, 4.69) is 0 Å². The highest BCUT2D eigenvalue weighted by Crippen LogP contribution is 2.55. The maximum Gasteiger partial charge on any atom is 0.341 e. The predicted molar refractivity (Wildman–Crippen MR) is 60.3 cm³/mol. The molecule has 0 N–H and O–H groups in total. The molecule has 0 bridgehead atoms. The van der Waals surface area contributed by atoms with Gasteiger partial charge in [-0.1, -0.05) is 23.7 Å².